The molecule has 162 valence electrons. The summed E-state index contributed by atoms with van der Waals surface area (Å²) in [6, 6.07) is 14.5. The third-order valence-electron chi connectivity index (χ3n) is 5.64. The molecule has 0 saturated carbocycles. The summed E-state index contributed by atoms with van der Waals surface area (Å²) in [6.07, 6.45) is 3.79. The maximum Gasteiger partial charge on any atom is 0.140 e. The summed E-state index contributed by atoms with van der Waals surface area (Å²) in [7, 11) is 0. The van der Waals surface area contributed by atoms with Crippen LogP contribution in [0.3, 0.4) is 0 Å². The second kappa shape index (κ2) is 10.0. The Balaban J connectivity index is 1.82. The van der Waals surface area contributed by atoms with E-state index in [1.807, 2.05) is 25.1 Å². The second-order valence-electron chi connectivity index (χ2n) is 8.20. The first kappa shape index (κ1) is 22.9. The van der Waals surface area contributed by atoms with Gasteiger partial charge in [-0.25, -0.2) is 0 Å². The molecule has 0 amide bonds. The largest absolute Gasteiger partial charge is 0.491 e. The van der Waals surface area contributed by atoms with Crippen molar-refractivity contribution in [3.8, 4) is 17.6 Å². The molecule has 0 spiro atoms. The van der Waals surface area contributed by atoms with E-state index < -0.39 is 0 Å². The molecule has 2 aromatic rings. The molecule has 31 heavy (non-hydrogen) atoms. The van der Waals surface area contributed by atoms with Crippen molar-refractivity contribution in [2.75, 3.05) is 19.1 Å². The molecule has 0 unspecified atom stereocenters. The highest BCUT2D eigenvalue weighted by Crippen LogP contribution is 2.37. The fraction of sp³-hybridized carbons (Fsp3) is 0.385. The Hall–Kier alpha value is -2.77. The third-order valence-corrected chi connectivity index (χ3v) is 5.80. The number of hydrogen-bond acceptors (Lipinski definition) is 4. The zero-order valence-electron chi connectivity index (χ0n) is 18.7. The average Bonchev–Trinajstić information content (AvgIpc) is 3.20. The van der Waals surface area contributed by atoms with Crippen LogP contribution >= 0.6 is 11.6 Å². The number of nitrogens with zero attached hydrogens (tertiary/aromatic N) is 2. The maximum atomic E-state index is 9.71. The van der Waals surface area contributed by atoms with Gasteiger partial charge in [0.25, 0.3) is 0 Å². The highest BCUT2D eigenvalue weighted by atomic mass is 35.5. The number of hydrogen-bond donors (Lipinski definition) is 0. The minimum atomic E-state index is -0.283. The standard InChI is InChI=1S/C26H29ClN2O2/c1-5-19-14-22(15-20(16-28)25(19)30-13-12-27)26(3,4)21-7-10-24(11-8-21)31-17-23-9-6-18(2)29-23/h7-11,14-15H,5-6,12-13,17H2,1-4H3. The molecule has 0 N–H and O–H groups in total. The number of allylic oxidation sites excluding steroid dienone is 1. The molecule has 0 fully saturated rings. The van der Waals surface area contributed by atoms with Crippen LogP contribution in [0.2, 0.25) is 0 Å². The van der Waals surface area contributed by atoms with E-state index in [9.17, 15) is 5.26 Å². The lowest BCUT2D eigenvalue weighted by Crippen LogP contribution is -2.20. The average molecular weight is 437 g/mol. The third kappa shape index (κ3) is 5.29. The summed E-state index contributed by atoms with van der Waals surface area (Å²) >= 11 is 5.78. The molecule has 1 heterocycles. The van der Waals surface area contributed by atoms with E-state index in [-0.39, 0.29) is 5.41 Å². The van der Waals surface area contributed by atoms with E-state index in [4.69, 9.17) is 21.1 Å². The molecule has 0 radical (unpaired) electrons. The van der Waals surface area contributed by atoms with Crippen molar-refractivity contribution in [3.05, 3.63) is 70.4 Å². The van der Waals surface area contributed by atoms with Gasteiger partial charge < -0.3 is 9.47 Å². The van der Waals surface area contributed by atoms with Crippen molar-refractivity contribution in [1.29, 1.82) is 5.26 Å². The van der Waals surface area contributed by atoms with E-state index in [0.717, 1.165) is 46.7 Å². The van der Waals surface area contributed by atoms with E-state index in [1.54, 1.807) is 0 Å². The Morgan fingerprint density at radius 1 is 1.13 bits per heavy atom. The predicted molar refractivity (Wildman–Crippen MR) is 127 cm³/mol. The van der Waals surface area contributed by atoms with Crippen molar-refractivity contribution < 1.29 is 9.47 Å². The molecular weight excluding hydrogens is 408 g/mol. The Kier molecular flexibility index (Phi) is 7.41. The van der Waals surface area contributed by atoms with Crippen LogP contribution in [0.25, 0.3) is 0 Å². The molecule has 0 aromatic heterocycles. The van der Waals surface area contributed by atoms with E-state index in [0.29, 0.717) is 30.4 Å². The number of ether oxygens (including phenoxy) is 2. The van der Waals surface area contributed by atoms with Gasteiger partial charge in [0.15, 0.2) is 0 Å². The Bertz CT molecular complexity index is 1030. The summed E-state index contributed by atoms with van der Waals surface area (Å²) in [5.74, 6) is 1.85. The van der Waals surface area contributed by atoms with Crippen LogP contribution in [0.4, 0.5) is 0 Å². The summed E-state index contributed by atoms with van der Waals surface area (Å²) < 4.78 is 11.7. The van der Waals surface area contributed by atoms with Crippen LogP contribution in [0.1, 0.15) is 56.4 Å². The first-order chi connectivity index (χ1) is 14.9. The van der Waals surface area contributed by atoms with Crippen LogP contribution in [0.5, 0.6) is 11.5 Å². The Morgan fingerprint density at radius 2 is 1.87 bits per heavy atom. The number of benzene rings is 2. The fourth-order valence-corrected chi connectivity index (χ4v) is 3.77. The quantitative estimate of drug-likeness (QED) is 0.440. The molecule has 0 aliphatic carbocycles. The van der Waals surface area contributed by atoms with Gasteiger partial charge in [0.05, 0.1) is 17.1 Å². The highest BCUT2D eigenvalue weighted by molar-refractivity contribution is 6.18. The molecule has 3 rings (SSSR count). The Labute approximate surface area is 190 Å². The van der Waals surface area contributed by atoms with Gasteiger partial charge in [-0.2, -0.15) is 5.26 Å². The van der Waals surface area contributed by atoms with Gasteiger partial charge in [0.2, 0.25) is 0 Å². The maximum absolute atomic E-state index is 9.71. The predicted octanol–water partition coefficient (Wildman–Crippen LogP) is 6.19. The second-order valence-corrected chi connectivity index (χ2v) is 8.58. The van der Waals surface area contributed by atoms with Crippen molar-refractivity contribution in [3.63, 3.8) is 0 Å². The first-order valence-corrected chi connectivity index (χ1v) is 11.1. The molecule has 4 nitrogen and oxygen atoms in total. The van der Waals surface area contributed by atoms with Crippen LogP contribution in [0.15, 0.2) is 53.2 Å². The number of aryl methyl sites for hydroxylation is 1. The fourth-order valence-electron chi connectivity index (χ4n) is 3.69. The SMILES string of the molecule is CCc1cc(C(C)(C)c2ccc(OCC3=CCC(C)=N3)cc2)cc(C#N)c1OCCCl. The molecule has 2 aromatic carbocycles. The minimum absolute atomic E-state index is 0.283. The zero-order chi connectivity index (χ0) is 22.4. The van der Waals surface area contributed by atoms with E-state index in [1.165, 1.54) is 0 Å². The number of alkyl halides is 1. The lowest BCUT2D eigenvalue weighted by molar-refractivity contribution is 0.338. The van der Waals surface area contributed by atoms with Gasteiger partial charge in [-0.1, -0.05) is 45.0 Å². The number of halogens is 1. The molecule has 1 aliphatic heterocycles. The van der Waals surface area contributed by atoms with Crippen LogP contribution in [-0.2, 0) is 11.8 Å². The van der Waals surface area contributed by atoms with Gasteiger partial charge in [-0.05, 0) is 48.2 Å². The first-order valence-electron chi connectivity index (χ1n) is 10.6. The molecular formula is C26H29ClN2O2. The Morgan fingerprint density at radius 3 is 2.45 bits per heavy atom. The van der Waals surface area contributed by atoms with Crippen LogP contribution < -0.4 is 9.47 Å². The van der Waals surface area contributed by atoms with Crippen molar-refractivity contribution in [2.45, 2.75) is 46.0 Å². The summed E-state index contributed by atoms with van der Waals surface area (Å²) in [6.45, 7) is 9.29. The summed E-state index contributed by atoms with van der Waals surface area (Å²) in [4.78, 5) is 4.47. The van der Waals surface area contributed by atoms with Gasteiger partial charge in [-0.3, -0.25) is 4.99 Å². The zero-order valence-corrected chi connectivity index (χ0v) is 19.4. The number of nitriles is 1. The van der Waals surface area contributed by atoms with E-state index in [2.05, 4.69) is 56.1 Å². The lowest BCUT2D eigenvalue weighted by atomic mass is 9.77. The molecule has 0 bridgehead atoms. The van der Waals surface area contributed by atoms with Gasteiger partial charge >= 0.3 is 0 Å². The van der Waals surface area contributed by atoms with Gasteiger partial charge in [0.1, 0.15) is 30.8 Å². The molecule has 0 saturated heterocycles. The smallest absolute Gasteiger partial charge is 0.140 e. The van der Waals surface area contributed by atoms with Crippen molar-refractivity contribution in [1.82, 2.24) is 0 Å². The number of aliphatic imine (C=N–C) groups is 1. The number of rotatable bonds is 9. The van der Waals surface area contributed by atoms with E-state index >= 15 is 0 Å². The summed E-state index contributed by atoms with van der Waals surface area (Å²) in [5, 5.41) is 9.71. The van der Waals surface area contributed by atoms with Crippen molar-refractivity contribution >= 4 is 17.3 Å². The monoisotopic (exact) mass is 436 g/mol. The minimum Gasteiger partial charge on any atom is -0.491 e. The lowest BCUT2D eigenvalue weighted by Gasteiger charge is -2.28. The topological polar surface area (TPSA) is 54.6 Å². The molecule has 0 atom stereocenters. The van der Waals surface area contributed by atoms with Crippen LogP contribution in [-0.4, -0.2) is 24.8 Å². The van der Waals surface area contributed by atoms with Gasteiger partial charge in [0, 0.05) is 17.5 Å². The summed E-state index contributed by atoms with van der Waals surface area (Å²) in [5.41, 5.74) is 5.62. The molecule has 5 heteroatoms. The molecule has 1 aliphatic rings. The van der Waals surface area contributed by atoms with Gasteiger partial charge in [-0.15, -0.1) is 11.6 Å². The normalized spacial score (nSPS) is 13.4. The van der Waals surface area contributed by atoms with Crippen molar-refractivity contribution in [2.24, 2.45) is 4.99 Å². The highest BCUT2D eigenvalue weighted by Gasteiger charge is 2.26. The van der Waals surface area contributed by atoms with Crippen LogP contribution in [0, 0.1) is 11.3 Å².